The lowest BCUT2D eigenvalue weighted by atomic mass is 9.76. The van der Waals surface area contributed by atoms with E-state index in [9.17, 15) is 13.6 Å². The molecule has 0 saturated heterocycles. The number of aliphatic imine (C=N–C) groups is 1. The van der Waals surface area contributed by atoms with Gasteiger partial charge < -0.3 is 9.80 Å². The third-order valence-electron chi connectivity index (χ3n) is 7.95. The van der Waals surface area contributed by atoms with Gasteiger partial charge in [-0.2, -0.15) is 5.26 Å². The molecule has 0 spiro atoms. The lowest BCUT2D eigenvalue weighted by Gasteiger charge is -2.45. The second kappa shape index (κ2) is 11.5. The van der Waals surface area contributed by atoms with Gasteiger partial charge in [-0.05, 0) is 75.3 Å². The van der Waals surface area contributed by atoms with Gasteiger partial charge in [-0.3, -0.25) is 9.79 Å². The van der Waals surface area contributed by atoms with Crippen molar-refractivity contribution in [3.63, 3.8) is 0 Å². The number of carbonyl (C=O) groups excluding carboxylic acids is 1. The quantitative estimate of drug-likeness (QED) is 0.231. The van der Waals surface area contributed by atoms with Crippen LogP contribution in [0.1, 0.15) is 63.6 Å². The number of amides is 1. The number of benzene rings is 2. The maximum atomic E-state index is 14.9. The highest BCUT2D eigenvalue weighted by molar-refractivity contribution is 5.86. The van der Waals surface area contributed by atoms with E-state index < -0.39 is 11.5 Å². The van der Waals surface area contributed by atoms with Crippen LogP contribution in [0, 0.1) is 29.0 Å². The summed E-state index contributed by atoms with van der Waals surface area (Å²) in [5.74, 6) is -0.246. The van der Waals surface area contributed by atoms with Gasteiger partial charge in [0.25, 0.3) is 0 Å². The molecule has 2 aromatic carbocycles. The standard InChI is InChI=1S/C32H36F2N4O/c1-21(2)17-36-24(5)27-13-29(14-27)38(19-25-6-9-28(10-7-25)32(34)15-22(32)3)23(4)18-37(20-39)31-11-8-26(16-35)12-30(31)33/h6-12,17,20,22,27,29H,4,13-15,18-19H2,1-3,5H3. The van der Waals surface area contributed by atoms with Crippen LogP contribution in [0.5, 0.6) is 0 Å². The van der Waals surface area contributed by atoms with E-state index in [0.29, 0.717) is 36.6 Å². The van der Waals surface area contributed by atoms with Crippen molar-refractivity contribution in [1.29, 1.82) is 5.26 Å². The highest BCUT2D eigenvalue weighted by Crippen LogP contribution is 2.55. The Morgan fingerprint density at radius 2 is 1.87 bits per heavy atom. The number of allylic oxidation sites excluding steroid dienone is 1. The van der Waals surface area contributed by atoms with E-state index in [1.807, 2.05) is 64.2 Å². The summed E-state index contributed by atoms with van der Waals surface area (Å²) in [6.07, 6.45) is 4.80. The minimum absolute atomic E-state index is 0.0414. The summed E-state index contributed by atoms with van der Waals surface area (Å²) in [5.41, 5.74) is 3.69. The second-order valence-corrected chi connectivity index (χ2v) is 11.2. The lowest BCUT2D eigenvalue weighted by molar-refractivity contribution is -0.107. The van der Waals surface area contributed by atoms with E-state index in [1.54, 1.807) is 0 Å². The number of hydrogen-bond acceptors (Lipinski definition) is 4. The van der Waals surface area contributed by atoms with Gasteiger partial charge in [0.2, 0.25) is 6.41 Å². The number of nitrogens with zero attached hydrogens (tertiary/aromatic N) is 4. The summed E-state index contributed by atoms with van der Waals surface area (Å²) in [5, 5.41) is 9.05. The second-order valence-electron chi connectivity index (χ2n) is 11.2. The largest absolute Gasteiger partial charge is 0.366 e. The number of rotatable bonds is 11. The number of carbonyl (C=O) groups is 1. The molecule has 2 fully saturated rings. The fourth-order valence-corrected chi connectivity index (χ4v) is 5.17. The third kappa shape index (κ3) is 6.27. The third-order valence-corrected chi connectivity index (χ3v) is 7.95. The highest BCUT2D eigenvalue weighted by atomic mass is 19.1. The van der Waals surface area contributed by atoms with Gasteiger partial charge in [-0.15, -0.1) is 0 Å². The molecular weight excluding hydrogens is 494 g/mol. The number of nitriles is 1. The Morgan fingerprint density at radius 1 is 1.21 bits per heavy atom. The Labute approximate surface area is 230 Å². The van der Waals surface area contributed by atoms with Crippen LogP contribution in [0.2, 0.25) is 0 Å². The van der Waals surface area contributed by atoms with E-state index in [-0.39, 0.29) is 29.8 Å². The van der Waals surface area contributed by atoms with E-state index in [2.05, 4.69) is 16.5 Å². The van der Waals surface area contributed by atoms with Crippen molar-refractivity contribution in [2.75, 3.05) is 11.4 Å². The predicted molar refractivity (Wildman–Crippen MR) is 151 cm³/mol. The van der Waals surface area contributed by atoms with Crippen molar-refractivity contribution < 1.29 is 13.6 Å². The summed E-state index contributed by atoms with van der Waals surface area (Å²) in [6.45, 7) is 12.9. The molecular formula is C32H36F2N4O. The molecule has 0 N–H and O–H groups in total. The van der Waals surface area contributed by atoms with Crippen LogP contribution in [-0.2, 0) is 17.0 Å². The Morgan fingerprint density at radius 3 is 2.41 bits per heavy atom. The minimum Gasteiger partial charge on any atom is -0.366 e. The van der Waals surface area contributed by atoms with Crippen LogP contribution in [-0.4, -0.2) is 29.6 Å². The van der Waals surface area contributed by atoms with Gasteiger partial charge in [0.1, 0.15) is 11.5 Å². The fourth-order valence-electron chi connectivity index (χ4n) is 5.17. The molecule has 7 heteroatoms. The van der Waals surface area contributed by atoms with Crippen molar-refractivity contribution in [2.24, 2.45) is 16.8 Å². The first-order valence-corrected chi connectivity index (χ1v) is 13.4. The van der Waals surface area contributed by atoms with E-state index in [0.717, 1.165) is 35.8 Å². The predicted octanol–water partition coefficient (Wildman–Crippen LogP) is 7.04. The molecule has 2 saturated carbocycles. The molecule has 0 heterocycles. The molecule has 2 aliphatic carbocycles. The summed E-state index contributed by atoms with van der Waals surface area (Å²) < 4.78 is 29.6. The Hall–Kier alpha value is -3.79. The van der Waals surface area contributed by atoms with Crippen LogP contribution in [0.25, 0.3) is 0 Å². The Bertz CT molecular complexity index is 1330. The topological polar surface area (TPSA) is 59.7 Å². The zero-order chi connectivity index (χ0) is 28.3. The smallest absolute Gasteiger partial charge is 0.214 e. The maximum Gasteiger partial charge on any atom is 0.214 e. The van der Waals surface area contributed by atoms with Crippen molar-refractivity contribution in [2.45, 2.75) is 65.2 Å². The SMILES string of the molecule is C=C(CN(C=O)c1ccc(C#N)cc1F)N(Cc1ccc(C2(F)CC2C)cc1)C1CC(C(C)=NC=C(C)C)C1. The lowest BCUT2D eigenvalue weighted by Crippen LogP contribution is -2.47. The average Bonchev–Trinajstić information content (AvgIpc) is 3.51. The van der Waals surface area contributed by atoms with E-state index >= 15 is 0 Å². The van der Waals surface area contributed by atoms with Crippen LogP contribution < -0.4 is 4.90 Å². The fraction of sp³-hybridized carbons (Fsp3) is 0.406. The van der Waals surface area contributed by atoms with Gasteiger partial charge in [0, 0.05) is 36.1 Å². The van der Waals surface area contributed by atoms with Gasteiger partial charge in [-0.25, -0.2) is 8.78 Å². The van der Waals surface area contributed by atoms with Crippen LogP contribution in [0.15, 0.2) is 71.5 Å². The molecule has 2 aliphatic rings. The maximum absolute atomic E-state index is 14.9. The number of hydrogen-bond donors (Lipinski definition) is 0. The van der Waals surface area contributed by atoms with Crippen molar-refractivity contribution in [3.8, 4) is 6.07 Å². The molecule has 39 heavy (non-hydrogen) atoms. The monoisotopic (exact) mass is 530 g/mol. The summed E-state index contributed by atoms with van der Waals surface area (Å²) in [7, 11) is 0. The molecule has 1 amide bonds. The molecule has 2 unspecified atom stereocenters. The van der Waals surface area contributed by atoms with E-state index in [1.165, 1.54) is 17.0 Å². The number of alkyl halides is 1. The molecule has 0 aromatic heterocycles. The van der Waals surface area contributed by atoms with Crippen LogP contribution >= 0.6 is 0 Å². The van der Waals surface area contributed by atoms with Gasteiger partial charge in [-0.1, -0.05) is 43.3 Å². The zero-order valence-electron chi connectivity index (χ0n) is 23.1. The van der Waals surface area contributed by atoms with Crippen molar-refractivity contribution >= 4 is 17.8 Å². The molecule has 0 bridgehead atoms. The minimum atomic E-state index is -1.22. The summed E-state index contributed by atoms with van der Waals surface area (Å²) in [6, 6.07) is 13.8. The average molecular weight is 531 g/mol. The van der Waals surface area contributed by atoms with Crippen LogP contribution in [0.3, 0.4) is 0 Å². The first-order chi connectivity index (χ1) is 18.5. The van der Waals surface area contributed by atoms with Gasteiger partial charge in [0.05, 0.1) is 23.9 Å². The van der Waals surface area contributed by atoms with Crippen LogP contribution in [0.4, 0.5) is 14.5 Å². The highest BCUT2D eigenvalue weighted by Gasteiger charge is 2.53. The first kappa shape index (κ1) is 28.2. The first-order valence-electron chi connectivity index (χ1n) is 13.4. The molecule has 2 atom stereocenters. The van der Waals surface area contributed by atoms with Gasteiger partial charge >= 0.3 is 0 Å². The van der Waals surface area contributed by atoms with E-state index in [4.69, 9.17) is 5.26 Å². The summed E-state index contributed by atoms with van der Waals surface area (Å²) >= 11 is 0. The zero-order valence-corrected chi connectivity index (χ0v) is 23.1. The Balaban J connectivity index is 1.53. The number of halogens is 2. The molecule has 4 rings (SSSR count). The molecule has 204 valence electrons. The normalized spacial score (nSPS) is 23.7. The molecule has 0 radical (unpaired) electrons. The number of anilines is 1. The summed E-state index contributed by atoms with van der Waals surface area (Å²) in [4.78, 5) is 20.0. The molecule has 5 nitrogen and oxygen atoms in total. The van der Waals surface area contributed by atoms with Crippen molar-refractivity contribution in [1.82, 2.24) is 4.90 Å². The van der Waals surface area contributed by atoms with Crippen molar-refractivity contribution in [3.05, 3.63) is 89.0 Å². The molecule has 0 aliphatic heterocycles. The van der Waals surface area contributed by atoms with Gasteiger partial charge in [0.15, 0.2) is 0 Å². The Kier molecular flexibility index (Phi) is 8.34. The molecule has 2 aromatic rings.